The van der Waals surface area contributed by atoms with Crippen LogP contribution in [0.2, 0.25) is 0 Å². The molecule has 48 heavy (non-hydrogen) atoms. The van der Waals surface area contributed by atoms with Crippen molar-refractivity contribution >= 4 is 5.97 Å². The van der Waals surface area contributed by atoms with Crippen LogP contribution in [0.3, 0.4) is 0 Å². The topological polar surface area (TPSA) is 92.7 Å². The summed E-state index contributed by atoms with van der Waals surface area (Å²) >= 11 is 0. The van der Waals surface area contributed by atoms with Crippen LogP contribution in [0.5, 0.6) is 0 Å². The molecule has 1 fully saturated rings. The monoisotopic (exact) mass is 654 g/mol. The molecule has 4 aromatic carbocycles. The molecule has 1 aliphatic heterocycles. The lowest BCUT2D eigenvalue weighted by molar-refractivity contribution is -0.370. The minimum absolute atomic E-state index is 0.0571. The Kier molecular flexibility index (Phi) is 12.5. The van der Waals surface area contributed by atoms with Gasteiger partial charge in [0.2, 0.25) is 5.79 Å². The molecule has 0 saturated carbocycles. The smallest absolute Gasteiger partial charge is 0.311 e. The number of esters is 1. The second kappa shape index (κ2) is 17.0. The van der Waals surface area contributed by atoms with E-state index in [1.165, 1.54) is 0 Å². The molecule has 1 saturated heterocycles. The van der Waals surface area contributed by atoms with Crippen molar-refractivity contribution in [1.29, 1.82) is 0 Å². The fourth-order valence-corrected chi connectivity index (χ4v) is 5.66. The van der Waals surface area contributed by atoms with Crippen LogP contribution in [0.4, 0.5) is 0 Å². The highest BCUT2D eigenvalue weighted by atomic mass is 16.7. The molecule has 0 aromatic heterocycles. The molecule has 8 heteroatoms. The first-order valence-electron chi connectivity index (χ1n) is 16.4. The standard InChI is InChI=1S/C40H46O8/c1-39(2,3)48-35(41)24-40(42)38(46-28-33-22-14-7-15-23-33)37(45-27-32-20-12-6-13-21-32)36(44-26-31-18-10-5-11-19-31)34(47-40)29-43-25-30-16-8-4-9-17-30/h4-23,34,36-38,42H,24-29H2,1-3H3/t34-,36+,37+,38-,40?/m1/s1. The maximum absolute atomic E-state index is 13.3. The Morgan fingerprint density at radius 2 is 1.06 bits per heavy atom. The van der Waals surface area contributed by atoms with Crippen LogP contribution >= 0.6 is 0 Å². The predicted octanol–water partition coefficient (Wildman–Crippen LogP) is 6.78. The Balaban J connectivity index is 1.49. The van der Waals surface area contributed by atoms with Crippen LogP contribution in [0.25, 0.3) is 0 Å². The number of ether oxygens (including phenoxy) is 6. The van der Waals surface area contributed by atoms with Gasteiger partial charge in [0.05, 0.1) is 33.0 Å². The molecule has 5 atom stereocenters. The SMILES string of the molecule is CC(C)(C)OC(=O)CC1(O)O[C@H](COCc2ccccc2)[C@H](OCc2ccccc2)[C@H](OCc2ccccc2)[C@H]1OCc1ccccc1. The second-order valence-corrected chi connectivity index (χ2v) is 13.0. The Hall–Kier alpha value is -3.89. The number of hydrogen-bond acceptors (Lipinski definition) is 8. The summed E-state index contributed by atoms with van der Waals surface area (Å²) < 4.78 is 38.0. The van der Waals surface area contributed by atoms with Gasteiger partial charge >= 0.3 is 5.97 Å². The van der Waals surface area contributed by atoms with Gasteiger partial charge in [0.15, 0.2) is 0 Å². The van der Waals surface area contributed by atoms with Crippen LogP contribution in [-0.4, -0.2) is 53.5 Å². The van der Waals surface area contributed by atoms with Gasteiger partial charge in [-0.3, -0.25) is 4.79 Å². The summed E-state index contributed by atoms with van der Waals surface area (Å²) in [6, 6.07) is 39.0. The molecule has 5 rings (SSSR count). The average molecular weight is 655 g/mol. The third-order valence-electron chi connectivity index (χ3n) is 7.84. The first-order valence-corrected chi connectivity index (χ1v) is 16.4. The molecular formula is C40H46O8. The van der Waals surface area contributed by atoms with Crippen LogP contribution in [0, 0.1) is 0 Å². The number of carbonyl (C=O) groups excluding carboxylic acids is 1. The minimum Gasteiger partial charge on any atom is -0.460 e. The highest BCUT2D eigenvalue weighted by Crippen LogP contribution is 2.38. The van der Waals surface area contributed by atoms with E-state index in [1.54, 1.807) is 20.8 Å². The fourth-order valence-electron chi connectivity index (χ4n) is 5.66. The molecule has 1 aliphatic rings. The number of carbonyl (C=O) groups is 1. The summed E-state index contributed by atoms with van der Waals surface area (Å²) in [6.45, 7) is 6.31. The molecule has 0 radical (unpaired) electrons. The number of benzene rings is 4. The first kappa shape index (κ1) is 35.4. The summed E-state index contributed by atoms with van der Waals surface area (Å²) in [5.41, 5.74) is 2.99. The van der Waals surface area contributed by atoms with E-state index in [0.717, 1.165) is 22.3 Å². The zero-order valence-corrected chi connectivity index (χ0v) is 27.9. The van der Waals surface area contributed by atoms with E-state index in [9.17, 15) is 9.90 Å². The van der Waals surface area contributed by atoms with Crippen molar-refractivity contribution in [3.8, 4) is 0 Å². The maximum Gasteiger partial charge on any atom is 0.311 e. The lowest BCUT2D eigenvalue weighted by Crippen LogP contribution is -2.67. The van der Waals surface area contributed by atoms with Crippen LogP contribution in [-0.2, 0) is 59.6 Å². The predicted molar refractivity (Wildman–Crippen MR) is 181 cm³/mol. The van der Waals surface area contributed by atoms with Crippen LogP contribution < -0.4 is 0 Å². The molecule has 0 aliphatic carbocycles. The van der Waals surface area contributed by atoms with Crippen molar-refractivity contribution in [1.82, 2.24) is 0 Å². The molecular weight excluding hydrogens is 608 g/mol. The lowest BCUT2D eigenvalue weighted by Gasteiger charge is -2.50. The van der Waals surface area contributed by atoms with Crippen molar-refractivity contribution in [2.24, 2.45) is 0 Å². The summed E-state index contributed by atoms with van der Waals surface area (Å²) in [4.78, 5) is 13.3. The van der Waals surface area contributed by atoms with E-state index in [4.69, 9.17) is 28.4 Å². The quantitative estimate of drug-likeness (QED) is 0.140. The zero-order valence-electron chi connectivity index (χ0n) is 27.9. The molecule has 1 unspecified atom stereocenters. The average Bonchev–Trinajstić information content (AvgIpc) is 3.07. The summed E-state index contributed by atoms with van der Waals surface area (Å²) in [6.07, 6.45) is -4.08. The van der Waals surface area contributed by atoms with E-state index in [2.05, 4.69) is 0 Å². The molecule has 254 valence electrons. The van der Waals surface area contributed by atoms with Gasteiger partial charge in [-0.1, -0.05) is 121 Å². The van der Waals surface area contributed by atoms with E-state index < -0.39 is 48.2 Å². The van der Waals surface area contributed by atoms with Gasteiger partial charge < -0.3 is 33.5 Å². The fraction of sp³-hybridized carbons (Fsp3) is 0.375. The molecule has 4 aromatic rings. The van der Waals surface area contributed by atoms with Crippen LogP contribution in [0.1, 0.15) is 49.4 Å². The third kappa shape index (κ3) is 10.6. The second-order valence-electron chi connectivity index (χ2n) is 13.0. The lowest BCUT2D eigenvalue weighted by atomic mass is 9.89. The normalized spacial score (nSPS) is 22.7. The summed E-state index contributed by atoms with van der Waals surface area (Å²) in [7, 11) is 0. The van der Waals surface area contributed by atoms with Gasteiger partial charge in [-0.05, 0) is 43.0 Å². The highest BCUT2D eigenvalue weighted by molar-refractivity contribution is 5.71. The number of hydrogen-bond donors (Lipinski definition) is 1. The van der Waals surface area contributed by atoms with Gasteiger partial charge in [-0.2, -0.15) is 0 Å². The summed E-state index contributed by atoms with van der Waals surface area (Å²) in [5.74, 6) is -2.76. The molecule has 0 spiro atoms. The highest BCUT2D eigenvalue weighted by Gasteiger charge is 2.57. The maximum atomic E-state index is 13.3. The van der Waals surface area contributed by atoms with E-state index in [-0.39, 0.29) is 26.4 Å². The molecule has 1 N–H and O–H groups in total. The van der Waals surface area contributed by atoms with Crippen LogP contribution in [0.15, 0.2) is 121 Å². The van der Waals surface area contributed by atoms with E-state index >= 15 is 0 Å². The first-order chi connectivity index (χ1) is 23.2. The van der Waals surface area contributed by atoms with E-state index in [0.29, 0.717) is 6.61 Å². The molecule has 0 bridgehead atoms. The zero-order chi connectivity index (χ0) is 33.8. The largest absolute Gasteiger partial charge is 0.460 e. The van der Waals surface area contributed by atoms with Crippen molar-refractivity contribution in [3.63, 3.8) is 0 Å². The van der Waals surface area contributed by atoms with Crippen molar-refractivity contribution in [2.45, 2.75) is 89.4 Å². The Bertz CT molecular complexity index is 1510. The molecule has 1 heterocycles. The van der Waals surface area contributed by atoms with Crippen molar-refractivity contribution in [3.05, 3.63) is 144 Å². The van der Waals surface area contributed by atoms with Gasteiger partial charge in [-0.15, -0.1) is 0 Å². The summed E-state index contributed by atoms with van der Waals surface area (Å²) in [5, 5.41) is 12.4. The van der Waals surface area contributed by atoms with E-state index in [1.807, 2.05) is 121 Å². The van der Waals surface area contributed by atoms with Gasteiger partial charge in [0.25, 0.3) is 0 Å². The Morgan fingerprint density at radius 3 is 1.52 bits per heavy atom. The van der Waals surface area contributed by atoms with Gasteiger partial charge in [0, 0.05) is 0 Å². The molecule has 0 amide bonds. The third-order valence-corrected chi connectivity index (χ3v) is 7.84. The van der Waals surface area contributed by atoms with Crippen molar-refractivity contribution < 1.29 is 38.3 Å². The Morgan fingerprint density at radius 1 is 0.646 bits per heavy atom. The molecule has 8 nitrogen and oxygen atoms in total. The van der Waals surface area contributed by atoms with Gasteiger partial charge in [-0.25, -0.2) is 0 Å². The van der Waals surface area contributed by atoms with Crippen molar-refractivity contribution in [2.75, 3.05) is 6.61 Å². The number of rotatable bonds is 15. The minimum atomic E-state index is -2.13. The number of aliphatic hydroxyl groups is 1. The Labute approximate surface area is 283 Å². The van der Waals surface area contributed by atoms with Gasteiger partial charge in [0.1, 0.15) is 36.4 Å².